The molecule has 0 spiro atoms. The molecule has 0 radical (unpaired) electrons. The zero-order valence-corrected chi connectivity index (χ0v) is 19.4. The van der Waals surface area contributed by atoms with Crippen molar-refractivity contribution < 1.29 is 14.3 Å². The predicted molar refractivity (Wildman–Crippen MR) is 127 cm³/mol. The summed E-state index contributed by atoms with van der Waals surface area (Å²) in [5, 5.41) is 6.30. The van der Waals surface area contributed by atoms with Crippen molar-refractivity contribution in [3.05, 3.63) is 40.9 Å². The first kappa shape index (κ1) is 22.7. The number of nitrogens with one attached hydrogen (secondary N) is 2. The van der Waals surface area contributed by atoms with Gasteiger partial charge in [-0.15, -0.1) is 0 Å². The molecule has 11 heteroatoms. The monoisotopic (exact) mass is 470 g/mol. The number of thiazole rings is 1. The lowest BCUT2D eigenvalue weighted by Gasteiger charge is -2.31. The van der Waals surface area contributed by atoms with Gasteiger partial charge < -0.3 is 20.3 Å². The van der Waals surface area contributed by atoms with Gasteiger partial charge in [0.2, 0.25) is 11.8 Å². The molecule has 0 saturated carbocycles. The molecule has 0 aliphatic carbocycles. The van der Waals surface area contributed by atoms with E-state index >= 15 is 0 Å². The van der Waals surface area contributed by atoms with Gasteiger partial charge in [0.1, 0.15) is 23.3 Å². The molecule has 3 heterocycles. The molecular weight excluding hydrogens is 444 g/mol. The fourth-order valence-corrected chi connectivity index (χ4v) is 4.86. The van der Waals surface area contributed by atoms with Crippen LogP contribution < -0.4 is 25.8 Å². The van der Waals surface area contributed by atoms with Gasteiger partial charge in [-0.2, -0.15) is 4.98 Å². The van der Waals surface area contributed by atoms with Crippen molar-refractivity contribution in [1.82, 2.24) is 19.9 Å². The first-order chi connectivity index (χ1) is 16.0. The fourth-order valence-electron chi connectivity index (χ4n) is 3.86. The molecular formula is C22H26N6O4S. The van der Waals surface area contributed by atoms with Gasteiger partial charge in [-0.05, 0) is 31.9 Å². The largest absolute Gasteiger partial charge is 0.495 e. The fraction of sp³-hybridized carbons (Fsp3) is 0.409. The minimum atomic E-state index is -0.367. The van der Waals surface area contributed by atoms with E-state index in [0.29, 0.717) is 40.0 Å². The van der Waals surface area contributed by atoms with Gasteiger partial charge in [0, 0.05) is 19.6 Å². The lowest BCUT2D eigenvalue weighted by Crippen LogP contribution is -2.43. The molecule has 33 heavy (non-hydrogen) atoms. The molecule has 0 bridgehead atoms. The van der Waals surface area contributed by atoms with Crippen LogP contribution in [0.15, 0.2) is 35.4 Å². The van der Waals surface area contributed by atoms with Crippen molar-refractivity contribution in [2.75, 3.05) is 37.0 Å². The zero-order valence-electron chi connectivity index (χ0n) is 18.5. The molecule has 10 nitrogen and oxygen atoms in total. The number of nitrogens with zero attached hydrogens (tertiary/aromatic N) is 4. The van der Waals surface area contributed by atoms with E-state index in [1.165, 1.54) is 29.3 Å². The summed E-state index contributed by atoms with van der Waals surface area (Å²) in [6.07, 6.45) is 3.04. The Bertz CT molecular complexity index is 1220. The Labute approximate surface area is 194 Å². The molecule has 174 valence electrons. The molecule has 2 amide bonds. The van der Waals surface area contributed by atoms with Crippen molar-refractivity contribution in [3.63, 3.8) is 0 Å². The van der Waals surface area contributed by atoms with Gasteiger partial charge >= 0.3 is 0 Å². The number of methoxy groups -OCH3 is 1. The van der Waals surface area contributed by atoms with E-state index in [1.54, 1.807) is 24.3 Å². The summed E-state index contributed by atoms with van der Waals surface area (Å²) in [5.74, 6) is 0.110. The number of piperidine rings is 1. The lowest BCUT2D eigenvalue weighted by molar-refractivity contribution is -0.125. The number of ether oxygens (including phenoxy) is 1. The Morgan fingerprint density at radius 2 is 2.12 bits per heavy atom. The van der Waals surface area contributed by atoms with Crippen LogP contribution in [0, 0.1) is 5.92 Å². The van der Waals surface area contributed by atoms with Gasteiger partial charge in [-0.3, -0.25) is 19.0 Å². The molecule has 2 aromatic heterocycles. The van der Waals surface area contributed by atoms with Crippen LogP contribution in [0.1, 0.15) is 19.8 Å². The van der Waals surface area contributed by atoms with Crippen molar-refractivity contribution >= 4 is 44.3 Å². The number of fused-ring (bicyclic) bond motifs is 1. The second kappa shape index (κ2) is 9.99. The Morgan fingerprint density at radius 1 is 1.30 bits per heavy atom. The van der Waals surface area contributed by atoms with Gasteiger partial charge in [-0.25, -0.2) is 4.98 Å². The van der Waals surface area contributed by atoms with Crippen LogP contribution in [-0.2, 0) is 16.1 Å². The molecule has 1 unspecified atom stereocenters. The van der Waals surface area contributed by atoms with E-state index in [0.717, 1.165) is 19.4 Å². The Kier molecular flexibility index (Phi) is 6.87. The summed E-state index contributed by atoms with van der Waals surface area (Å²) < 4.78 is 6.90. The third-order valence-electron chi connectivity index (χ3n) is 5.48. The number of amides is 2. The van der Waals surface area contributed by atoms with Crippen LogP contribution in [-0.4, -0.2) is 53.1 Å². The van der Waals surface area contributed by atoms with Crippen LogP contribution in [0.3, 0.4) is 0 Å². The van der Waals surface area contributed by atoms with Crippen LogP contribution in [0.2, 0.25) is 0 Å². The van der Waals surface area contributed by atoms with Crippen molar-refractivity contribution in [2.45, 2.75) is 26.3 Å². The number of benzene rings is 1. The summed E-state index contributed by atoms with van der Waals surface area (Å²) in [4.78, 5) is 48.6. The van der Waals surface area contributed by atoms with Gasteiger partial charge in [0.05, 0.1) is 18.7 Å². The maximum Gasteiger partial charge on any atom is 0.273 e. The van der Waals surface area contributed by atoms with Crippen molar-refractivity contribution in [2.24, 2.45) is 5.92 Å². The number of hydrogen-bond donors (Lipinski definition) is 2. The summed E-state index contributed by atoms with van der Waals surface area (Å²) in [6.45, 7) is 3.65. The molecule has 1 aliphatic rings. The number of carbonyl (C=O) groups excluding carboxylic acids is 2. The molecule has 2 N–H and O–H groups in total. The molecule has 1 aliphatic heterocycles. The highest BCUT2D eigenvalue weighted by Gasteiger charge is 2.27. The van der Waals surface area contributed by atoms with Gasteiger partial charge in [0.15, 0.2) is 10.8 Å². The first-order valence-corrected chi connectivity index (χ1v) is 11.6. The highest BCUT2D eigenvalue weighted by atomic mass is 32.1. The van der Waals surface area contributed by atoms with Crippen molar-refractivity contribution in [1.29, 1.82) is 0 Å². The normalized spacial score (nSPS) is 15.9. The summed E-state index contributed by atoms with van der Waals surface area (Å²) in [6, 6.07) is 7.06. The predicted octanol–water partition coefficient (Wildman–Crippen LogP) is 1.85. The molecule has 1 aromatic carbocycles. The van der Waals surface area contributed by atoms with E-state index in [1.807, 2.05) is 11.8 Å². The number of para-hydroxylation sites is 2. The van der Waals surface area contributed by atoms with Crippen LogP contribution >= 0.6 is 11.3 Å². The number of rotatable bonds is 7. The van der Waals surface area contributed by atoms with E-state index in [-0.39, 0.29) is 29.8 Å². The second-order valence-corrected chi connectivity index (χ2v) is 8.73. The maximum atomic E-state index is 13.0. The minimum absolute atomic E-state index is 0.0462. The molecule has 4 rings (SSSR count). The third-order valence-corrected chi connectivity index (χ3v) is 6.57. The maximum absolute atomic E-state index is 13.0. The van der Waals surface area contributed by atoms with Crippen LogP contribution in [0.25, 0.3) is 10.3 Å². The average Bonchev–Trinajstić information content (AvgIpc) is 3.27. The number of aromatic nitrogens is 3. The van der Waals surface area contributed by atoms with E-state index in [2.05, 4.69) is 20.6 Å². The van der Waals surface area contributed by atoms with Crippen LogP contribution in [0.4, 0.5) is 10.8 Å². The summed E-state index contributed by atoms with van der Waals surface area (Å²) in [5.41, 5.74) is 0.552. The summed E-state index contributed by atoms with van der Waals surface area (Å²) in [7, 11) is 1.52. The zero-order chi connectivity index (χ0) is 23.4. The smallest absolute Gasteiger partial charge is 0.273 e. The number of hydrogen-bond acceptors (Lipinski definition) is 8. The third kappa shape index (κ3) is 4.98. The Hall–Kier alpha value is -3.47. The first-order valence-electron chi connectivity index (χ1n) is 10.8. The van der Waals surface area contributed by atoms with E-state index < -0.39 is 0 Å². The minimum Gasteiger partial charge on any atom is -0.495 e. The number of carbonyl (C=O) groups is 2. The lowest BCUT2D eigenvalue weighted by atomic mass is 9.97. The van der Waals surface area contributed by atoms with Crippen molar-refractivity contribution in [3.8, 4) is 5.75 Å². The van der Waals surface area contributed by atoms with E-state index in [4.69, 9.17) is 4.74 Å². The van der Waals surface area contributed by atoms with Gasteiger partial charge in [-0.1, -0.05) is 23.5 Å². The molecule has 1 fully saturated rings. The Balaban J connectivity index is 1.51. The highest BCUT2D eigenvalue weighted by Crippen LogP contribution is 2.29. The Morgan fingerprint density at radius 3 is 2.91 bits per heavy atom. The van der Waals surface area contributed by atoms with E-state index in [9.17, 15) is 14.4 Å². The standard InChI is InChI=1S/C22H26N6O4S/c1-3-23-20(30)14-7-6-10-27(11-14)22-26-19-18(33-22)21(31)28(13-24-19)12-17(29)25-15-8-4-5-9-16(15)32-2/h4-5,8-9,13-14H,3,6-7,10-12H2,1-2H3,(H,23,30)(H,25,29). The quantitative estimate of drug-likeness (QED) is 0.541. The van der Waals surface area contributed by atoms with Gasteiger partial charge in [0.25, 0.3) is 5.56 Å². The SMILES string of the molecule is CCNC(=O)C1CCCN(c2nc3ncn(CC(=O)Nc4ccccc4OC)c(=O)c3s2)C1. The highest BCUT2D eigenvalue weighted by molar-refractivity contribution is 7.22. The average molecular weight is 471 g/mol. The number of anilines is 2. The second-order valence-electron chi connectivity index (χ2n) is 7.76. The molecule has 1 atom stereocenters. The summed E-state index contributed by atoms with van der Waals surface area (Å²) >= 11 is 1.24. The van der Waals surface area contributed by atoms with Crippen LogP contribution in [0.5, 0.6) is 5.75 Å². The topological polar surface area (TPSA) is 118 Å². The molecule has 1 saturated heterocycles. The molecule has 3 aromatic rings.